The van der Waals surface area contributed by atoms with Gasteiger partial charge in [0.25, 0.3) is 0 Å². The molecule has 1 N–H and O–H groups in total. The fourth-order valence-electron chi connectivity index (χ4n) is 2.60. The van der Waals surface area contributed by atoms with E-state index in [-0.39, 0.29) is 0 Å². The Kier molecular flexibility index (Phi) is 4.13. The Hall–Kier alpha value is -1.26. The molecule has 1 aliphatic heterocycles. The molecule has 1 aromatic rings. The molecule has 0 spiro atoms. The Morgan fingerprint density at radius 3 is 2.75 bits per heavy atom. The summed E-state index contributed by atoms with van der Waals surface area (Å²) in [4.78, 5) is 2.45. The molecule has 0 aromatic heterocycles. The van der Waals surface area contributed by atoms with Gasteiger partial charge in [0, 0.05) is 25.2 Å². The molecule has 1 heterocycles. The lowest BCUT2D eigenvalue weighted by Crippen LogP contribution is -2.32. The van der Waals surface area contributed by atoms with Crippen LogP contribution in [0.4, 0.5) is 0 Å². The fraction of sp³-hybridized carbons (Fsp3) is 0.625. The van der Waals surface area contributed by atoms with Crippen molar-refractivity contribution in [1.82, 2.24) is 10.2 Å². The molecule has 2 aliphatic rings. The molecule has 1 saturated carbocycles. The Balaban J connectivity index is 1.52. The van der Waals surface area contributed by atoms with Crippen LogP contribution in [-0.2, 0) is 0 Å². The summed E-state index contributed by atoms with van der Waals surface area (Å²) in [6, 6.07) is 7.39. The predicted octanol–water partition coefficient (Wildman–Crippen LogP) is 2.20. The van der Waals surface area contributed by atoms with Crippen molar-refractivity contribution in [2.45, 2.75) is 31.8 Å². The molecular formula is C16H24N2O2. The summed E-state index contributed by atoms with van der Waals surface area (Å²) in [5, 5.41) is 3.58. The molecule has 1 unspecified atom stereocenters. The number of rotatable bonds is 6. The topological polar surface area (TPSA) is 33.7 Å². The lowest BCUT2D eigenvalue weighted by Gasteiger charge is -2.22. The number of nitrogens with one attached hydrogen (secondary N) is 1. The van der Waals surface area contributed by atoms with E-state index >= 15 is 0 Å². The van der Waals surface area contributed by atoms with E-state index in [9.17, 15) is 0 Å². The standard InChI is InChI=1S/C16H24N2O2/c1-12(17-7-8-18(2)14-4-5-14)13-3-6-15-16(11-13)20-10-9-19-15/h3,6,11-12,14,17H,4-5,7-10H2,1-2H3. The first-order valence-electron chi connectivity index (χ1n) is 7.57. The summed E-state index contributed by atoms with van der Waals surface area (Å²) < 4.78 is 11.2. The highest BCUT2D eigenvalue weighted by atomic mass is 16.6. The molecule has 1 aliphatic carbocycles. The summed E-state index contributed by atoms with van der Waals surface area (Å²) >= 11 is 0. The Morgan fingerprint density at radius 2 is 2.00 bits per heavy atom. The van der Waals surface area contributed by atoms with Crippen LogP contribution in [0.3, 0.4) is 0 Å². The summed E-state index contributed by atoms with van der Waals surface area (Å²) in [6.45, 7) is 5.61. The van der Waals surface area contributed by atoms with Gasteiger partial charge in [0.05, 0.1) is 0 Å². The maximum atomic E-state index is 5.64. The van der Waals surface area contributed by atoms with Gasteiger partial charge in [-0.1, -0.05) is 6.07 Å². The first-order chi connectivity index (χ1) is 9.74. The number of ether oxygens (including phenoxy) is 2. The van der Waals surface area contributed by atoms with Gasteiger partial charge in [-0.05, 0) is 44.5 Å². The van der Waals surface area contributed by atoms with E-state index in [4.69, 9.17) is 9.47 Å². The zero-order valence-electron chi connectivity index (χ0n) is 12.4. The van der Waals surface area contributed by atoms with E-state index in [1.165, 1.54) is 18.4 Å². The minimum Gasteiger partial charge on any atom is -0.486 e. The Morgan fingerprint density at radius 1 is 1.25 bits per heavy atom. The smallest absolute Gasteiger partial charge is 0.161 e. The zero-order valence-corrected chi connectivity index (χ0v) is 12.4. The quantitative estimate of drug-likeness (QED) is 0.863. The van der Waals surface area contributed by atoms with E-state index in [1.807, 2.05) is 6.07 Å². The molecule has 0 radical (unpaired) electrons. The van der Waals surface area contributed by atoms with E-state index in [2.05, 4.69) is 36.3 Å². The maximum Gasteiger partial charge on any atom is 0.161 e. The number of nitrogens with zero attached hydrogens (tertiary/aromatic N) is 1. The van der Waals surface area contributed by atoms with Crippen molar-refractivity contribution in [2.24, 2.45) is 0 Å². The van der Waals surface area contributed by atoms with Crippen LogP contribution in [0.1, 0.15) is 31.4 Å². The third kappa shape index (κ3) is 3.25. The third-order valence-corrected chi connectivity index (χ3v) is 4.15. The van der Waals surface area contributed by atoms with Crippen LogP contribution in [-0.4, -0.2) is 44.3 Å². The van der Waals surface area contributed by atoms with Crippen molar-refractivity contribution in [1.29, 1.82) is 0 Å². The van der Waals surface area contributed by atoms with Gasteiger partial charge in [0.1, 0.15) is 13.2 Å². The van der Waals surface area contributed by atoms with Crippen LogP contribution in [0.5, 0.6) is 11.5 Å². The molecular weight excluding hydrogens is 252 g/mol. The second kappa shape index (κ2) is 6.02. The van der Waals surface area contributed by atoms with Gasteiger partial charge in [0.2, 0.25) is 0 Å². The molecule has 0 bridgehead atoms. The number of benzene rings is 1. The highest BCUT2D eigenvalue weighted by Gasteiger charge is 2.25. The maximum absolute atomic E-state index is 5.64. The van der Waals surface area contributed by atoms with Crippen LogP contribution in [0.2, 0.25) is 0 Å². The van der Waals surface area contributed by atoms with Crippen LogP contribution in [0, 0.1) is 0 Å². The predicted molar refractivity (Wildman–Crippen MR) is 79.5 cm³/mol. The molecule has 110 valence electrons. The zero-order chi connectivity index (χ0) is 13.9. The van der Waals surface area contributed by atoms with Crippen LogP contribution >= 0.6 is 0 Å². The van der Waals surface area contributed by atoms with Gasteiger partial charge in [-0.25, -0.2) is 0 Å². The molecule has 3 rings (SSSR count). The first-order valence-corrected chi connectivity index (χ1v) is 7.57. The van der Waals surface area contributed by atoms with E-state index in [1.54, 1.807) is 0 Å². The van der Waals surface area contributed by atoms with Crippen molar-refractivity contribution in [2.75, 3.05) is 33.4 Å². The highest BCUT2D eigenvalue weighted by Crippen LogP contribution is 2.32. The van der Waals surface area contributed by atoms with E-state index < -0.39 is 0 Å². The average molecular weight is 276 g/mol. The fourth-order valence-corrected chi connectivity index (χ4v) is 2.60. The van der Waals surface area contributed by atoms with Crippen LogP contribution < -0.4 is 14.8 Å². The lowest BCUT2D eigenvalue weighted by atomic mass is 10.1. The Bertz CT molecular complexity index is 460. The second-order valence-electron chi connectivity index (χ2n) is 5.79. The molecule has 0 saturated heterocycles. The molecule has 0 amide bonds. The molecule has 1 fully saturated rings. The van der Waals surface area contributed by atoms with Crippen LogP contribution in [0.15, 0.2) is 18.2 Å². The molecule has 4 nitrogen and oxygen atoms in total. The SMILES string of the molecule is CC(NCCN(C)C1CC1)c1ccc2c(c1)OCCO2. The number of likely N-dealkylation sites (N-methyl/N-ethyl adjacent to an activating group) is 1. The average Bonchev–Trinajstić information content (AvgIpc) is 3.31. The van der Waals surface area contributed by atoms with Crippen LogP contribution in [0.25, 0.3) is 0 Å². The van der Waals surface area contributed by atoms with Crippen molar-refractivity contribution in [3.63, 3.8) is 0 Å². The van der Waals surface area contributed by atoms with Gasteiger partial charge < -0.3 is 19.7 Å². The van der Waals surface area contributed by atoms with Crippen molar-refractivity contribution in [3.8, 4) is 11.5 Å². The Labute approximate surface area is 121 Å². The largest absolute Gasteiger partial charge is 0.486 e. The lowest BCUT2D eigenvalue weighted by molar-refractivity contribution is 0.171. The molecule has 4 heteroatoms. The van der Waals surface area contributed by atoms with E-state index in [0.29, 0.717) is 19.3 Å². The monoisotopic (exact) mass is 276 g/mol. The summed E-state index contributed by atoms with van der Waals surface area (Å²) in [5.74, 6) is 1.73. The minimum atomic E-state index is 0.332. The molecule has 1 atom stereocenters. The third-order valence-electron chi connectivity index (χ3n) is 4.15. The van der Waals surface area contributed by atoms with Crippen molar-refractivity contribution in [3.05, 3.63) is 23.8 Å². The second-order valence-corrected chi connectivity index (χ2v) is 5.79. The van der Waals surface area contributed by atoms with Gasteiger partial charge in [-0.2, -0.15) is 0 Å². The summed E-state index contributed by atoms with van der Waals surface area (Å²) in [6.07, 6.45) is 2.74. The van der Waals surface area contributed by atoms with Crippen molar-refractivity contribution >= 4 is 0 Å². The minimum absolute atomic E-state index is 0.332. The first kappa shape index (κ1) is 13.7. The normalized spacial score (nSPS) is 19.1. The number of hydrogen-bond donors (Lipinski definition) is 1. The number of fused-ring (bicyclic) bond motifs is 1. The van der Waals surface area contributed by atoms with Gasteiger partial charge >= 0.3 is 0 Å². The molecule has 20 heavy (non-hydrogen) atoms. The van der Waals surface area contributed by atoms with Gasteiger partial charge in [-0.15, -0.1) is 0 Å². The summed E-state index contributed by atoms with van der Waals surface area (Å²) in [7, 11) is 2.22. The van der Waals surface area contributed by atoms with Gasteiger partial charge in [-0.3, -0.25) is 0 Å². The molecule has 1 aromatic carbocycles. The highest BCUT2D eigenvalue weighted by molar-refractivity contribution is 5.44. The van der Waals surface area contributed by atoms with Gasteiger partial charge in [0.15, 0.2) is 11.5 Å². The summed E-state index contributed by atoms with van der Waals surface area (Å²) in [5.41, 5.74) is 1.25. The van der Waals surface area contributed by atoms with Crippen molar-refractivity contribution < 1.29 is 9.47 Å². The van der Waals surface area contributed by atoms with E-state index in [0.717, 1.165) is 30.6 Å². The number of hydrogen-bond acceptors (Lipinski definition) is 4.